The lowest BCUT2D eigenvalue weighted by atomic mass is 10.1. The van der Waals surface area contributed by atoms with E-state index < -0.39 is 0 Å². The minimum atomic E-state index is -0.357. The van der Waals surface area contributed by atoms with Gasteiger partial charge in [-0.05, 0) is 43.5 Å². The number of rotatable bonds is 12. The topological polar surface area (TPSA) is 106 Å². The Morgan fingerprint density at radius 2 is 1.85 bits per heavy atom. The zero-order valence-electron chi connectivity index (χ0n) is 18.8. The fourth-order valence-corrected chi connectivity index (χ4v) is 3.60. The smallest absolute Gasteiger partial charge is 0.243 e. The molecule has 0 fully saturated rings. The first-order valence-corrected chi connectivity index (χ1v) is 11.3. The van der Waals surface area contributed by atoms with Gasteiger partial charge in [-0.25, -0.2) is 15.4 Å². The molecule has 0 aliphatic carbocycles. The zero-order chi connectivity index (χ0) is 23.6. The fourth-order valence-electron chi connectivity index (χ4n) is 3.47. The first-order chi connectivity index (χ1) is 16.0. The Bertz CT molecular complexity index is 1060. The predicted molar refractivity (Wildman–Crippen MR) is 128 cm³/mol. The van der Waals surface area contributed by atoms with Gasteiger partial charge in [-0.1, -0.05) is 36.6 Å². The van der Waals surface area contributed by atoms with Crippen LogP contribution in [0, 0.1) is 0 Å². The molecule has 1 heterocycles. The SMILES string of the molecule is COc1cc2ncnc(NC(C)c3ccc(Cl)cc3)c2cc1OCCCCCCC(=O)NO. The van der Waals surface area contributed by atoms with Gasteiger partial charge in [0.2, 0.25) is 5.91 Å². The average Bonchev–Trinajstić information content (AvgIpc) is 2.83. The first kappa shape index (κ1) is 24.5. The van der Waals surface area contributed by atoms with Gasteiger partial charge in [0.15, 0.2) is 11.5 Å². The van der Waals surface area contributed by atoms with Crippen molar-refractivity contribution in [2.45, 2.75) is 45.1 Å². The molecule has 2 aromatic carbocycles. The van der Waals surface area contributed by atoms with Gasteiger partial charge in [0.25, 0.3) is 0 Å². The van der Waals surface area contributed by atoms with E-state index in [1.807, 2.05) is 36.4 Å². The van der Waals surface area contributed by atoms with E-state index in [9.17, 15) is 4.79 Å². The van der Waals surface area contributed by atoms with Gasteiger partial charge in [0.05, 0.1) is 19.2 Å². The summed E-state index contributed by atoms with van der Waals surface area (Å²) in [5.41, 5.74) is 3.49. The van der Waals surface area contributed by atoms with Crippen LogP contribution in [0.4, 0.5) is 5.82 Å². The van der Waals surface area contributed by atoms with E-state index in [4.69, 9.17) is 26.3 Å². The summed E-state index contributed by atoms with van der Waals surface area (Å²) in [5, 5.41) is 13.5. The van der Waals surface area contributed by atoms with E-state index in [1.165, 1.54) is 6.33 Å². The number of carbonyl (C=O) groups is 1. The molecule has 0 aliphatic heterocycles. The molecule has 0 saturated heterocycles. The van der Waals surface area contributed by atoms with Crippen LogP contribution in [0.3, 0.4) is 0 Å². The third-order valence-corrected chi connectivity index (χ3v) is 5.58. The molecule has 1 unspecified atom stereocenters. The second kappa shape index (κ2) is 12.2. The Balaban J connectivity index is 1.67. The number of carbonyl (C=O) groups excluding carboxylic acids is 1. The van der Waals surface area contributed by atoms with Crippen molar-refractivity contribution in [2.24, 2.45) is 0 Å². The largest absolute Gasteiger partial charge is 0.493 e. The number of aromatic nitrogens is 2. The molecule has 1 amide bonds. The highest BCUT2D eigenvalue weighted by molar-refractivity contribution is 6.30. The van der Waals surface area contributed by atoms with Gasteiger partial charge >= 0.3 is 0 Å². The number of benzene rings is 2. The predicted octanol–water partition coefficient (Wildman–Crippen LogP) is 5.30. The van der Waals surface area contributed by atoms with Gasteiger partial charge in [0, 0.05) is 28.9 Å². The Morgan fingerprint density at radius 1 is 1.09 bits per heavy atom. The fraction of sp³-hybridized carbons (Fsp3) is 0.375. The summed E-state index contributed by atoms with van der Waals surface area (Å²) in [5.74, 6) is 1.58. The number of anilines is 1. The number of ether oxygens (including phenoxy) is 2. The Labute approximate surface area is 198 Å². The molecule has 33 heavy (non-hydrogen) atoms. The number of amides is 1. The van der Waals surface area contributed by atoms with E-state index in [0.29, 0.717) is 35.4 Å². The molecular weight excluding hydrogens is 444 g/mol. The number of hydrogen-bond acceptors (Lipinski definition) is 7. The van der Waals surface area contributed by atoms with E-state index in [1.54, 1.807) is 12.6 Å². The van der Waals surface area contributed by atoms with Gasteiger partial charge in [-0.3, -0.25) is 10.0 Å². The average molecular weight is 473 g/mol. The van der Waals surface area contributed by atoms with Crippen molar-refractivity contribution in [3.05, 3.63) is 53.3 Å². The van der Waals surface area contributed by atoms with Gasteiger partial charge < -0.3 is 14.8 Å². The van der Waals surface area contributed by atoms with Crippen molar-refractivity contribution in [1.82, 2.24) is 15.4 Å². The molecule has 1 atom stereocenters. The van der Waals surface area contributed by atoms with Gasteiger partial charge in [-0.2, -0.15) is 0 Å². The zero-order valence-corrected chi connectivity index (χ0v) is 19.6. The minimum Gasteiger partial charge on any atom is -0.493 e. The highest BCUT2D eigenvalue weighted by atomic mass is 35.5. The molecule has 3 rings (SSSR count). The maximum absolute atomic E-state index is 11.0. The lowest BCUT2D eigenvalue weighted by Crippen LogP contribution is -2.17. The normalized spacial score (nSPS) is 11.8. The molecule has 8 nitrogen and oxygen atoms in total. The number of nitrogens with zero attached hydrogens (tertiary/aromatic N) is 2. The molecule has 3 aromatic rings. The number of halogens is 1. The Hall–Kier alpha value is -3.10. The van der Waals surface area contributed by atoms with Crippen molar-refractivity contribution in [1.29, 1.82) is 0 Å². The monoisotopic (exact) mass is 472 g/mol. The second-order valence-corrected chi connectivity index (χ2v) is 8.14. The summed E-state index contributed by atoms with van der Waals surface area (Å²) < 4.78 is 11.5. The van der Waals surface area contributed by atoms with E-state index >= 15 is 0 Å². The molecule has 176 valence electrons. The second-order valence-electron chi connectivity index (χ2n) is 7.71. The molecule has 0 aliphatic rings. The summed E-state index contributed by atoms with van der Waals surface area (Å²) in [6.45, 7) is 2.58. The van der Waals surface area contributed by atoms with Crippen molar-refractivity contribution >= 4 is 34.2 Å². The summed E-state index contributed by atoms with van der Waals surface area (Å²) in [6.07, 6.45) is 5.21. The van der Waals surface area contributed by atoms with Crippen LogP contribution in [-0.2, 0) is 4.79 Å². The third kappa shape index (κ3) is 6.94. The lowest BCUT2D eigenvalue weighted by Gasteiger charge is -2.17. The number of hydroxylamine groups is 1. The van der Waals surface area contributed by atoms with Crippen molar-refractivity contribution < 1.29 is 19.5 Å². The molecule has 0 saturated carbocycles. The third-order valence-electron chi connectivity index (χ3n) is 5.32. The van der Waals surface area contributed by atoms with Crippen LogP contribution in [0.2, 0.25) is 5.02 Å². The highest BCUT2D eigenvalue weighted by Gasteiger charge is 2.14. The molecule has 3 N–H and O–H groups in total. The lowest BCUT2D eigenvalue weighted by molar-refractivity contribution is -0.129. The van der Waals surface area contributed by atoms with Gasteiger partial charge in [-0.15, -0.1) is 0 Å². The number of hydrogen-bond donors (Lipinski definition) is 3. The number of nitrogens with one attached hydrogen (secondary N) is 2. The molecule has 0 bridgehead atoms. The summed E-state index contributed by atoms with van der Waals surface area (Å²) >= 11 is 6.00. The maximum atomic E-state index is 11.0. The van der Waals surface area contributed by atoms with Crippen LogP contribution in [0.1, 0.15) is 50.6 Å². The van der Waals surface area contributed by atoms with Crippen LogP contribution < -0.4 is 20.3 Å². The Kier molecular flexibility index (Phi) is 9.09. The summed E-state index contributed by atoms with van der Waals surface area (Å²) in [7, 11) is 1.60. The van der Waals surface area contributed by atoms with E-state index in [2.05, 4.69) is 22.2 Å². The number of fused-ring (bicyclic) bond motifs is 1. The number of unbranched alkanes of at least 4 members (excludes halogenated alkanes) is 3. The van der Waals surface area contributed by atoms with Crippen molar-refractivity contribution in [2.75, 3.05) is 19.0 Å². The highest BCUT2D eigenvalue weighted by Crippen LogP contribution is 2.35. The Morgan fingerprint density at radius 3 is 2.58 bits per heavy atom. The molecule has 1 aromatic heterocycles. The minimum absolute atomic E-state index is 0.0137. The molecule has 0 radical (unpaired) electrons. The van der Waals surface area contributed by atoms with Crippen LogP contribution in [0.5, 0.6) is 11.5 Å². The van der Waals surface area contributed by atoms with Gasteiger partial charge in [0.1, 0.15) is 12.1 Å². The van der Waals surface area contributed by atoms with E-state index in [-0.39, 0.29) is 11.9 Å². The van der Waals surface area contributed by atoms with Crippen LogP contribution in [0.15, 0.2) is 42.7 Å². The van der Waals surface area contributed by atoms with Crippen LogP contribution in [-0.4, -0.2) is 34.8 Å². The van der Waals surface area contributed by atoms with Crippen molar-refractivity contribution in [3.63, 3.8) is 0 Å². The molecule has 0 spiro atoms. The van der Waals surface area contributed by atoms with Crippen LogP contribution in [0.25, 0.3) is 10.9 Å². The summed E-state index contributed by atoms with van der Waals surface area (Å²) in [6, 6.07) is 11.5. The standard InChI is InChI=1S/C24H29ClN4O4/c1-16(17-8-10-18(25)11-9-17)28-24-19-13-22(21(32-2)14-20(19)26-15-27-24)33-12-6-4-3-5-7-23(30)29-31/h8-11,13-16,31H,3-7,12H2,1-2H3,(H,29,30)(H,26,27,28). The number of methoxy groups -OCH3 is 1. The van der Waals surface area contributed by atoms with E-state index in [0.717, 1.165) is 42.1 Å². The summed E-state index contributed by atoms with van der Waals surface area (Å²) in [4.78, 5) is 19.9. The van der Waals surface area contributed by atoms with Crippen molar-refractivity contribution in [3.8, 4) is 11.5 Å². The van der Waals surface area contributed by atoms with Crippen LogP contribution >= 0.6 is 11.6 Å². The first-order valence-electron chi connectivity index (χ1n) is 10.9. The molecule has 9 heteroatoms. The molecular formula is C24H29ClN4O4. The quantitative estimate of drug-likeness (QED) is 0.186. The maximum Gasteiger partial charge on any atom is 0.243 e.